The van der Waals surface area contributed by atoms with Crippen molar-refractivity contribution in [3.05, 3.63) is 34.2 Å². The Morgan fingerprint density at radius 3 is 2.86 bits per heavy atom. The minimum absolute atomic E-state index is 0.0353. The van der Waals surface area contributed by atoms with Gasteiger partial charge in [-0.15, -0.1) is 0 Å². The quantitative estimate of drug-likeness (QED) is 0.583. The summed E-state index contributed by atoms with van der Waals surface area (Å²) >= 11 is 1.24. The highest BCUT2D eigenvalue weighted by atomic mass is 32.1. The molecule has 1 saturated carbocycles. The molecular formula is C18H20N6O3S. The van der Waals surface area contributed by atoms with Gasteiger partial charge in [-0.05, 0) is 24.8 Å². The van der Waals surface area contributed by atoms with Crippen molar-refractivity contribution in [2.45, 2.75) is 26.7 Å². The van der Waals surface area contributed by atoms with Crippen LogP contribution in [0.3, 0.4) is 0 Å². The van der Waals surface area contributed by atoms with Crippen LogP contribution in [0.4, 0.5) is 5.13 Å². The van der Waals surface area contributed by atoms with E-state index in [1.165, 1.54) is 34.2 Å². The first-order valence-corrected chi connectivity index (χ1v) is 9.91. The van der Waals surface area contributed by atoms with E-state index in [0.717, 1.165) is 12.8 Å². The van der Waals surface area contributed by atoms with Crippen LogP contribution in [0.2, 0.25) is 0 Å². The Morgan fingerprint density at radius 1 is 1.36 bits per heavy atom. The molecular weight excluding hydrogens is 380 g/mol. The largest absolute Gasteiger partial charge is 0.352 e. The van der Waals surface area contributed by atoms with E-state index in [4.69, 9.17) is 0 Å². The van der Waals surface area contributed by atoms with Gasteiger partial charge in [0.25, 0.3) is 11.5 Å². The number of hydrogen-bond acceptors (Lipinski definition) is 6. The predicted octanol–water partition coefficient (Wildman–Crippen LogP) is 1.90. The second-order valence-electron chi connectivity index (χ2n) is 7.24. The number of hydrogen-bond donors (Lipinski definition) is 3. The summed E-state index contributed by atoms with van der Waals surface area (Å²) in [5.74, 6) is 0.455. The van der Waals surface area contributed by atoms with E-state index in [2.05, 4.69) is 25.8 Å². The van der Waals surface area contributed by atoms with E-state index in [-0.39, 0.29) is 23.3 Å². The number of aromatic amines is 1. The van der Waals surface area contributed by atoms with Crippen LogP contribution in [-0.4, -0.2) is 38.1 Å². The first kappa shape index (κ1) is 18.4. The monoisotopic (exact) mass is 400 g/mol. The zero-order chi connectivity index (χ0) is 19.8. The van der Waals surface area contributed by atoms with Crippen molar-refractivity contribution in [1.29, 1.82) is 0 Å². The molecule has 146 valence electrons. The molecule has 0 spiro atoms. The third-order valence-corrected chi connectivity index (χ3v) is 5.32. The lowest BCUT2D eigenvalue weighted by Gasteiger charge is -2.09. The predicted molar refractivity (Wildman–Crippen MR) is 106 cm³/mol. The average molecular weight is 400 g/mol. The highest BCUT2D eigenvalue weighted by Gasteiger charge is 2.30. The van der Waals surface area contributed by atoms with E-state index < -0.39 is 0 Å². The van der Waals surface area contributed by atoms with Crippen molar-refractivity contribution < 1.29 is 9.59 Å². The average Bonchev–Trinajstić information content (AvgIpc) is 3.34. The van der Waals surface area contributed by atoms with Crippen LogP contribution in [0.15, 0.2) is 23.1 Å². The van der Waals surface area contributed by atoms with Crippen LogP contribution in [0, 0.1) is 11.8 Å². The number of pyridine rings is 1. The van der Waals surface area contributed by atoms with Crippen LogP contribution in [0.1, 0.15) is 37.0 Å². The van der Waals surface area contributed by atoms with E-state index in [1.54, 1.807) is 0 Å². The maximum absolute atomic E-state index is 12.4. The molecule has 9 nitrogen and oxygen atoms in total. The summed E-state index contributed by atoms with van der Waals surface area (Å²) in [5.41, 5.74) is 0.529. The van der Waals surface area contributed by atoms with Crippen LogP contribution >= 0.6 is 11.3 Å². The second kappa shape index (κ2) is 7.19. The lowest BCUT2D eigenvalue weighted by molar-refractivity contribution is -0.117. The third-order valence-electron chi connectivity index (χ3n) is 4.35. The number of anilines is 1. The maximum Gasteiger partial charge on any atom is 0.256 e. The smallest absolute Gasteiger partial charge is 0.256 e. The number of carbonyl (C=O) groups is 2. The van der Waals surface area contributed by atoms with Gasteiger partial charge in [0.2, 0.25) is 5.91 Å². The SMILES string of the molecule is CC(C)CNC(=O)c1ccc(=O)n(-c2n[nH]c3nc(NC(=O)C4CC4)sc23)c1. The van der Waals surface area contributed by atoms with E-state index >= 15 is 0 Å². The molecule has 0 bridgehead atoms. The Bertz CT molecular complexity index is 1110. The Hall–Kier alpha value is -3.01. The topological polar surface area (TPSA) is 122 Å². The van der Waals surface area contributed by atoms with Gasteiger partial charge in [0, 0.05) is 24.7 Å². The van der Waals surface area contributed by atoms with Gasteiger partial charge in [0.1, 0.15) is 4.70 Å². The molecule has 1 fully saturated rings. The number of H-pyrrole nitrogens is 1. The molecule has 0 aliphatic heterocycles. The molecule has 10 heteroatoms. The normalized spacial score (nSPS) is 13.8. The van der Waals surface area contributed by atoms with Gasteiger partial charge in [-0.25, -0.2) is 4.98 Å². The standard InChI is InChI=1S/C18H20N6O3S/c1-9(2)7-19-16(26)11-5-6-12(25)24(8-11)15-13-14(22-23-15)20-18(28-13)21-17(27)10-3-4-10/h5-6,8-10H,3-4,7H2,1-2H3,(H,19,26)(H2,20,21,22,23,27). The van der Waals surface area contributed by atoms with Crippen molar-refractivity contribution in [3.8, 4) is 5.82 Å². The number of thiazole rings is 1. The summed E-state index contributed by atoms with van der Waals surface area (Å²) in [5, 5.41) is 13.0. The Morgan fingerprint density at radius 2 is 2.14 bits per heavy atom. The van der Waals surface area contributed by atoms with Crippen LogP contribution in [0.5, 0.6) is 0 Å². The number of nitrogens with zero attached hydrogens (tertiary/aromatic N) is 3. The Labute approximate surface area is 164 Å². The van der Waals surface area contributed by atoms with Gasteiger partial charge in [-0.3, -0.25) is 24.0 Å². The van der Waals surface area contributed by atoms with Gasteiger partial charge in [0.15, 0.2) is 16.6 Å². The molecule has 0 aromatic carbocycles. The first-order chi connectivity index (χ1) is 13.4. The summed E-state index contributed by atoms with van der Waals surface area (Å²) in [7, 11) is 0. The molecule has 1 aliphatic carbocycles. The van der Waals surface area contributed by atoms with Crippen LogP contribution in [0.25, 0.3) is 16.2 Å². The lowest BCUT2D eigenvalue weighted by atomic mass is 10.2. The number of rotatable bonds is 6. The van der Waals surface area contributed by atoms with Gasteiger partial charge >= 0.3 is 0 Å². The fourth-order valence-electron chi connectivity index (χ4n) is 2.66. The van der Waals surface area contributed by atoms with Crippen molar-refractivity contribution in [3.63, 3.8) is 0 Å². The molecule has 3 N–H and O–H groups in total. The molecule has 3 heterocycles. The van der Waals surface area contributed by atoms with Gasteiger partial charge in [-0.1, -0.05) is 25.2 Å². The van der Waals surface area contributed by atoms with E-state index in [0.29, 0.717) is 39.3 Å². The number of fused-ring (bicyclic) bond motifs is 1. The van der Waals surface area contributed by atoms with Gasteiger partial charge < -0.3 is 10.6 Å². The third kappa shape index (κ3) is 3.68. The molecule has 2 amide bonds. The highest BCUT2D eigenvalue weighted by Crippen LogP contribution is 2.33. The molecule has 3 aromatic rings. The van der Waals surface area contributed by atoms with Gasteiger partial charge in [0.05, 0.1) is 5.56 Å². The summed E-state index contributed by atoms with van der Waals surface area (Å²) in [6, 6.07) is 2.83. The molecule has 0 saturated heterocycles. The summed E-state index contributed by atoms with van der Waals surface area (Å²) in [4.78, 5) is 41.0. The highest BCUT2D eigenvalue weighted by molar-refractivity contribution is 7.22. The van der Waals surface area contributed by atoms with E-state index in [9.17, 15) is 14.4 Å². The molecule has 4 rings (SSSR count). The fourth-order valence-corrected chi connectivity index (χ4v) is 3.56. The lowest BCUT2D eigenvalue weighted by Crippen LogP contribution is -2.29. The Kier molecular flexibility index (Phi) is 4.71. The number of carbonyl (C=O) groups excluding carboxylic acids is 2. The maximum atomic E-state index is 12.4. The van der Waals surface area contributed by atoms with Crippen molar-refractivity contribution in [2.24, 2.45) is 11.8 Å². The van der Waals surface area contributed by atoms with Crippen molar-refractivity contribution in [2.75, 3.05) is 11.9 Å². The zero-order valence-corrected chi connectivity index (χ0v) is 16.3. The fraction of sp³-hybridized carbons (Fsp3) is 0.389. The summed E-state index contributed by atoms with van der Waals surface area (Å²) < 4.78 is 1.95. The van der Waals surface area contributed by atoms with Crippen LogP contribution < -0.4 is 16.2 Å². The summed E-state index contributed by atoms with van der Waals surface area (Å²) in [6.45, 7) is 4.56. The number of amides is 2. The van der Waals surface area contributed by atoms with Gasteiger partial charge in [-0.2, -0.15) is 5.10 Å². The zero-order valence-electron chi connectivity index (χ0n) is 15.5. The summed E-state index contributed by atoms with van der Waals surface area (Å²) in [6.07, 6.45) is 3.28. The molecule has 28 heavy (non-hydrogen) atoms. The molecule has 0 unspecified atom stereocenters. The molecule has 0 radical (unpaired) electrons. The number of aromatic nitrogens is 4. The minimum Gasteiger partial charge on any atom is -0.352 e. The molecule has 3 aromatic heterocycles. The molecule has 1 aliphatic rings. The van der Waals surface area contributed by atoms with Crippen LogP contribution in [-0.2, 0) is 4.79 Å². The molecule has 0 atom stereocenters. The van der Waals surface area contributed by atoms with E-state index in [1.807, 2.05) is 13.8 Å². The Balaban J connectivity index is 1.64. The first-order valence-electron chi connectivity index (χ1n) is 9.09. The van der Waals surface area contributed by atoms with Crippen molar-refractivity contribution in [1.82, 2.24) is 25.1 Å². The van der Waals surface area contributed by atoms with Crippen molar-refractivity contribution >= 4 is 38.6 Å². The number of nitrogens with one attached hydrogen (secondary N) is 3. The minimum atomic E-state index is -0.314. The second-order valence-corrected chi connectivity index (χ2v) is 8.24.